The molecule has 1 aromatic heterocycles. The van der Waals surface area contributed by atoms with Gasteiger partial charge in [0, 0.05) is 12.1 Å². The highest BCUT2D eigenvalue weighted by Gasteiger charge is 2.36. The van der Waals surface area contributed by atoms with Crippen LogP contribution in [-0.4, -0.2) is 30.1 Å². The first-order valence-corrected chi connectivity index (χ1v) is 6.62. The van der Waals surface area contributed by atoms with Crippen LogP contribution in [-0.2, 0) is 4.74 Å². The van der Waals surface area contributed by atoms with Gasteiger partial charge in [0.15, 0.2) is 0 Å². The van der Waals surface area contributed by atoms with Crippen molar-refractivity contribution in [2.45, 2.75) is 44.2 Å². The average Bonchev–Trinajstić information content (AvgIpc) is 2.67. The molecule has 2 atom stereocenters. The third-order valence-corrected chi connectivity index (χ3v) is 4.14. The van der Waals surface area contributed by atoms with Crippen molar-refractivity contribution in [1.29, 1.82) is 0 Å². The maximum atomic E-state index is 11.3. The van der Waals surface area contributed by atoms with Crippen LogP contribution in [0.2, 0.25) is 0 Å². The standard InChI is InChI=1S/C14H18N2O2/c1-18-14(17)13-8-7-12(9-15-13)16-10-3-2-4-11(16)6-5-10/h7-11H,2-6H2,1H3. The molecule has 0 radical (unpaired) electrons. The molecule has 2 aliphatic rings. The first kappa shape index (κ1) is 11.5. The Bertz CT molecular complexity index is 428. The van der Waals surface area contributed by atoms with Gasteiger partial charge in [0.05, 0.1) is 19.0 Å². The Morgan fingerprint density at radius 1 is 1.28 bits per heavy atom. The van der Waals surface area contributed by atoms with Gasteiger partial charge >= 0.3 is 5.97 Å². The Morgan fingerprint density at radius 2 is 2.00 bits per heavy atom. The van der Waals surface area contributed by atoms with Gasteiger partial charge in [-0.2, -0.15) is 0 Å². The number of esters is 1. The molecule has 0 aliphatic carbocycles. The molecule has 0 saturated carbocycles. The summed E-state index contributed by atoms with van der Waals surface area (Å²) >= 11 is 0. The third-order valence-electron chi connectivity index (χ3n) is 4.14. The summed E-state index contributed by atoms with van der Waals surface area (Å²) in [6.45, 7) is 0. The largest absolute Gasteiger partial charge is 0.464 e. The zero-order valence-corrected chi connectivity index (χ0v) is 10.6. The normalized spacial score (nSPS) is 26.2. The van der Waals surface area contributed by atoms with Crippen LogP contribution in [0.3, 0.4) is 0 Å². The van der Waals surface area contributed by atoms with Gasteiger partial charge in [0.25, 0.3) is 0 Å². The molecule has 2 unspecified atom stereocenters. The van der Waals surface area contributed by atoms with E-state index in [2.05, 4.69) is 14.6 Å². The first-order valence-electron chi connectivity index (χ1n) is 6.62. The molecule has 1 aromatic rings. The number of carbonyl (C=O) groups excluding carboxylic acids is 1. The van der Waals surface area contributed by atoms with Gasteiger partial charge in [-0.15, -0.1) is 0 Å². The fourth-order valence-electron chi connectivity index (χ4n) is 3.30. The van der Waals surface area contributed by atoms with E-state index in [4.69, 9.17) is 0 Å². The first-order chi connectivity index (χ1) is 8.79. The van der Waals surface area contributed by atoms with Crippen LogP contribution in [0.5, 0.6) is 0 Å². The predicted molar refractivity (Wildman–Crippen MR) is 68.7 cm³/mol. The number of anilines is 1. The van der Waals surface area contributed by atoms with Gasteiger partial charge in [-0.25, -0.2) is 9.78 Å². The summed E-state index contributed by atoms with van der Waals surface area (Å²) in [5, 5.41) is 0. The molecule has 0 spiro atoms. The molecule has 3 rings (SSSR count). The second-order valence-electron chi connectivity index (χ2n) is 5.12. The molecule has 2 fully saturated rings. The lowest BCUT2D eigenvalue weighted by molar-refractivity contribution is 0.0594. The van der Waals surface area contributed by atoms with Crippen molar-refractivity contribution >= 4 is 11.7 Å². The average molecular weight is 246 g/mol. The Morgan fingerprint density at radius 3 is 2.56 bits per heavy atom. The molecule has 3 heterocycles. The van der Waals surface area contributed by atoms with E-state index in [1.54, 1.807) is 6.07 Å². The smallest absolute Gasteiger partial charge is 0.356 e. The molecule has 4 nitrogen and oxygen atoms in total. The number of hydrogen-bond donors (Lipinski definition) is 0. The van der Waals surface area contributed by atoms with Crippen molar-refractivity contribution in [1.82, 2.24) is 4.98 Å². The van der Waals surface area contributed by atoms with Crippen LogP contribution >= 0.6 is 0 Å². The van der Waals surface area contributed by atoms with Crippen molar-refractivity contribution in [3.05, 3.63) is 24.0 Å². The molecule has 2 bridgehead atoms. The fourth-order valence-corrected chi connectivity index (χ4v) is 3.30. The van der Waals surface area contributed by atoms with Crippen LogP contribution in [0.15, 0.2) is 18.3 Å². The molecule has 2 saturated heterocycles. The lowest BCUT2D eigenvalue weighted by atomic mass is 10.0. The number of nitrogens with zero attached hydrogens (tertiary/aromatic N) is 2. The van der Waals surface area contributed by atoms with Crippen LogP contribution in [0, 0.1) is 0 Å². The van der Waals surface area contributed by atoms with Gasteiger partial charge in [-0.05, 0) is 44.2 Å². The SMILES string of the molecule is COC(=O)c1ccc(N2C3CCCC2CC3)cn1. The van der Waals surface area contributed by atoms with Crippen LogP contribution in [0.25, 0.3) is 0 Å². The van der Waals surface area contributed by atoms with Crippen LogP contribution in [0.4, 0.5) is 5.69 Å². The molecule has 4 heteroatoms. The minimum absolute atomic E-state index is 0.372. The van der Waals surface area contributed by atoms with Gasteiger partial charge in [-0.1, -0.05) is 0 Å². The number of ether oxygens (including phenoxy) is 1. The summed E-state index contributed by atoms with van der Waals surface area (Å²) in [5.74, 6) is -0.372. The van der Waals surface area contributed by atoms with Gasteiger partial charge in [-0.3, -0.25) is 0 Å². The van der Waals surface area contributed by atoms with Crippen molar-refractivity contribution in [3.63, 3.8) is 0 Å². The van der Waals surface area contributed by atoms with Crippen LogP contribution in [0.1, 0.15) is 42.6 Å². The summed E-state index contributed by atoms with van der Waals surface area (Å²) in [4.78, 5) is 18.0. The summed E-state index contributed by atoms with van der Waals surface area (Å²) in [6, 6.07) is 5.11. The Kier molecular flexibility index (Phi) is 2.94. The van der Waals surface area contributed by atoms with Crippen molar-refractivity contribution in [2.75, 3.05) is 12.0 Å². The second kappa shape index (κ2) is 4.59. The topological polar surface area (TPSA) is 42.4 Å². The summed E-state index contributed by atoms with van der Waals surface area (Å²) in [5.41, 5.74) is 1.53. The molecule has 2 aliphatic heterocycles. The summed E-state index contributed by atoms with van der Waals surface area (Å²) in [7, 11) is 1.38. The van der Waals surface area contributed by atoms with Crippen molar-refractivity contribution in [3.8, 4) is 0 Å². The highest BCUT2D eigenvalue weighted by atomic mass is 16.5. The van der Waals surface area contributed by atoms with Gasteiger partial charge in [0.2, 0.25) is 0 Å². The Labute approximate surface area is 107 Å². The minimum Gasteiger partial charge on any atom is -0.464 e. The summed E-state index contributed by atoms with van der Waals surface area (Å²) < 4.78 is 4.66. The number of carbonyl (C=O) groups is 1. The zero-order valence-electron chi connectivity index (χ0n) is 10.6. The highest BCUT2D eigenvalue weighted by Crippen LogP contribution is 2.38. The molecule has 0 aromatic carbocycles. The molecule has 18 heavy (non-hydrogen) atoms. The van der Waals surface area contributed by atoms with Gasteiger partial charge < -0.3 is 9.64 Å². The Hall–Kier alpha value is -1.58. The molecule has 96 valence electrons. The second-order valence-corrected chi connectivity index (χ2v) is 5.12. The van der Waals surface area contributed by atoms with Crippen LogP contribution < -0.4 is 4.90 Å². The monoisotopic (exact) mass is 246 g/mol. The zero-order chi connectivity index (χ0) is 12.5. The van der Waals surface area contributed by atoms with E-state index < -0.39 is 0 Å². The highest BCUT2D eigenvalue weighted by molar-refractivity contribution is 5.87. The Balaban J connectivity index is 1.83. The van der Waals surface area contributed by atoms with Crippen molar-refractivity contribution in [2.24, 2.45) is 0 Å². The third kappa shape index (κ3) is 1.85. The van der Waals surface area contributed by atoms with E-state index in [0.717, 1.165) is 5.69 Å². The van der Waals surface area contributed by atoms with E-state index in [1.165, 1.54) is 39.2 Å². The molecule has 0 N–H and O–H groups in total. The molecular weight excluding hydrogens is 228 g/mol. The predicted octanol–water partition coefficient (Wildman–Crippen LogP) is 2.39. The van der Waals surface area contributed by atoms with E-state index in [-0.39, 0.29) is 5.97 Å². The lowest BCUT2D eigenvalue weighted by Gasteiger charge is -2.36. The van der Waals surface area contributed by atoms with E-state index in [0.29, 0.717) is 17.8 Å². The maximum absolute atomic E-state index is 11.3. The summed E-state index contributed by atoms with van der Waals surface area (Å²) in [6.07, 6.45) is 8.32. The molecule has 0 amide bonds. The number of pyridine rings is 1. The molecular formula is C14H18N2O2. The number of rotatable bonds is 2. The number of hydrogen-bond acceptors (Lipinski definition) is 4. The van der Waals surface area contributed by atoms with Gasteiger partial charge in [0.1, 0.15) is 5.69 Å². The number of methoxy groups -OCH3 is 1. The number of aromatic nitrogens is 1. The van der Waals surface area contributed by atoms with E-state index >= 15 is 0 Å². The number of piperidine rings is 1. The quantitative estimate of drug-likeness (QED) is 0.751. The lowest BCUT2D eigenvalue weighted by Crippen LogP contribution is -2.39. The minimum atomic E-state index is -0.372. The maximum Gasteiger partial charge on any atom is 0.356 e. The van der Waals surface area contributed by atoms with E-state index in [1.807, 2.05) is 12.3 Å². The number of fused-ring (bicyclic) bond motifs is 2. The fraction of sp³-hybridized carbons (Fsp3) is 0.571. The van der Waals surface area contributed by atoms with E-state index in [9.17, 15) is 4.79 Å². The van der Waals surface area contributed by atoms with Crippen molar-refractivity contribution < 1.29 is 9.53 Å².